The van der Waals surface area contributed by atoms with Gasteiger partial charge in [0.25, 0.3) is 0 Å². The molecule has 1 aliphatic rings. The molecule has 0 saturated heterocycles. The zero-order valence-corrected chi connectivity index (χ0v) is 11.7. The number of hydrogen-bond donors (Lipinski definition) is 1. The van der Waals surface area contributed by atoms with Crippen LogP contribution in [0.4, 0.5) is 0 Å². The molecule has 4 nitrogen and oxygen atoms in total. The van der Waals surface area contributed by atoms with Crippen LogP contribution >= 0.6 is 0 Å². The van der Waals surface area contributed by atoms with E-state index >= 15 is 0 Å². The molecule has 21 heavy (non-hydrogen) atoms. The van der Waals surface area contributed by atoms with E-state index < -0.39 is 0 Å². The Morgan fingerprint density at radius 1 is 1.24 bits per heavy atom. The van der Waals surface area contributed by atoms with Gasteiger partial charge in [-0.15, -0.1) is 0 Å². The number of fused-ring (bicyclic) bond motifs is 1. The molecule has 0 bridgehead atoms. The number of carbonyl (C=O) groups is 1. The fraction of sp³-hybridized carbons (Fsp3) is 0.235. The summed E-state index contributed by atoms with van der Waals surface area (Å²) in [6.07, 6.45) is 0.297. The third-order valence-corrected chi connectivity index (χ3v) is 3.56. The molecule has 3 rings (SSSR count). The second-order valence-electron chi connectivity index (χ2n) is 4.95. The van der Waals surface area contributed by atoms with Crippen LogP contribution in [0.25, 0.3) is 0 Å². The van der Waals surface area contributed by atoms with Gasteiger partial charge in [0.1, 0.15) is 17.2 Å². The van der Waals surface area contributed by atoms with E-state index in [1.54, 1.807) is 18.2 Å². The third-order valence-electron chi connectivity index (χ3n) is 3.56. The van der Waals surface area contributed by atoms with Crippen LogP contribution in [-0.2, 0) is 4.79 Å². The number of phenolic OH excluding ortho intramolecular Hbond substituents is 1. The topological polar surface area (TPSA) is 55.8 Å². The average molecular weight is 284 g/mol. The molecule has 1 atom stereocenters. The van der Waals surface area contributed by atoms with Crippen molar-refractivity contribution in [1.29, 1.82) is 0 Å². The second-order valence-corrected chi connectivity index (χ2v) is 4.95. The lowest BCUT2D eigenvalue weighted by atomic mass is 9.86. The van der Waals surface area contributed by atoms with E-state index in [9.17, 15) is 9.90 Å². The number of rotatable bonds is 3. The molecular weight excluding hydrogens is 268 g/mol. The smallest absolute Gasteiger partial charge is 0.312 e. The van der Waals surface area contributed by atoms with Crippen molar-refractivity contribution < 1.29 is 19.4 Å². The first kappa shape index (κ1) is 13.5. The summed E-state index contributed by atoms with van der Waals surface area (Å²) in [5.41, 5.74) is 1.94. The molecule has 108 valence electrons. The molecule has 1 aliphatic heterocycles. The zero-order chi connectivity index (χ0) is 14.8. The minimum Gasteiger partial charge on any atom is -0.508 e. The van der Waals surface area contributed by atoms with Crippen LogP contribution < -0.4 is 9.47 Å². The Hall–Kier alpha value is -2.49. The maximum Gasteiger partial charge on any atom is 0.312 e. The molecule has 1 heterocycles. The zero-order valence-electron chi connectivity index (χ0n) is 11.7. The predicted octanol–water partition coefficient (Wildman–Crippen LogP) is 3.23. The maximum absolute atomic E-state index is 11.8. The van der Waals surface area contributed by atoms with Crippen molar-refractivity contribution in [1.82, 2.24) is 0 Å². The van der Waals surface area contributed by atoms with E-state index in [0.29, 0.717) is 24.5 Å². The molecule has 1 N–H and O–H groups in total. The first-order chi connectivity index (χ1) is 10.2. The Kier molecular flexibility index (Phi) is 3.52. The first-order valence-corrected chi connectivity index (χ1v) is 6.93. The summed E-state index contributed by atoms with van der Waals surface area (Å²) in [5.74, 6) is 1.14. The summed E-state index contributed by atoms with van der Waals surface area (Å²) < 4.78 is 10.8. The largest absolute Gasteiger partial charge is 0.508 e. The highest BCUT2D eigenvalue weighted by atomic mass is 16.5. The van der Waals surface area contributed by atoms with Crippen LogP contribution in [0.5, 0.6) is 17.2 Å². The Morgan fingerprint density at radius 2 is 2.00 bits per heavy atom. The first-order valence-electron chi connectivity index (χ1n) is 6.93. The van der Waals surface area contributed by atoms with Crippen molar-refractivity contribution >= 4 is 5.97 Å². The Labute approximate surface area is 122 Å². The molecular formula is C17H16O4. The number of ether oxygens (including phenoxy) is 2. The molecule has 0 aromatic heterocycles. The minimum absolute atomic E-state index is 0.0578. The summed E-state index contributed by atoms with van der Waals surface area (Å²) in [7, 11) is 0. The van der Waals surface area contributed by atoms with Crippen LogP contribution in [0.3, 0.4) is 0 Å². The predicted molar refractivity (Wildman–Crippen MR) is 77.8 cm³/mol. The van der Waals surface area contributed by atoms with Crippen molar-refractivity contribution in [2.45, 2.75) is 19.3 Å². The van der Waals surface area contributed by atoms with Gasteiger partial charge in [-0.1, -0.05) is 18.2 Å². The summed E-state index contributed by atoms with van der Waals surface area (Å²) in [5, 5.41) is 9.39. The molecule has 4 heteroatoms. The van der Waals surface area contributed by atoms with E-state index in [1.807, 2.05) is 31.2 Å². The van der Waals surface area contributed by atoms with Crippen LogP contribution in [0.15, 0.2) is 42.5 Å². The number of carbonyl (C=O) groups excluding carboxylic acids is 1. The molecule has 0 amide bonds. The van der Waals surface area contributed by atoms with Crippen LogP contribution in [0, 0.1) is 0 Å². The van der Waals surface area contributed by atoms with Crippen molar-refractivity contribution in [3.05, 3.63) is 53.6 Å². The van der Waals surface area contributed by atoms with E-state index in [-0.39, 0.29) is 17.6 Å². The van der Waals surface area contributed by atoms with Crippen LogP contribution in [0.1, 0.15) is 30.4 Å². The molecule has 0 saturated carbocycles. The molecule has 0 unspecified atom stereocenters. The van der Waals surface area contributed by atoms with E-state index in [0.717, 1.165) is 11.1 Å². The molecule has 0 aliphatic carbocycles. The molecule has 2 aromatic carbocycles. The normalized spacial score (nSPS) is 17.0. The highest BCUT2D eigenvalue weighted by Gasteiger charge is 2.28. The Bertz CT molecular complexity index is 661. The van der Waals surface area contributed by atoms with Gasteiger partial charge in [-0.05, 0) is 30.7 Å². The SMILES string of the molecule is CCOc1ccc2c(c1)OC(=O)C[C@H]2c1ccc(O)cc1. The lowest BCUT2D eigenvalue weighted by Gasteiger charge is -2.25. The average Bonchev–Trinajstić information content (AvgIpc) is 2.47. The van der Waals surface area contributed by atoms with Gasteiger partial charge in [0.05, 0.1) is 13.0 Å². The van der Waals surface area contributed by atoms with Crippen LogP contribution in [-0.4, -0.2) is 17.7 Å². The van der Waals surface area contributed by atoms with Gasteiger partial charge >= 0.3 is 5.97 Å². The van der Waals surface area contributed by atoms with E-state index in [4.69, 9.17) is 9.47 Å². The van der Waals surface area contributed by atoms with Crippen LogP contribution in [0.2, 0.25) is 0 Å². The highest BCUT2D eigenvalue weighted by molar-refractivity contribution is 5.78. The van der Waals surface area contributed by atoms with Gasteiger partial charge in [-0.2, -0.15) is 0 Å². The lowest BCUT2D eigenvalue weighted by molar-refractivity contribution is -0.135. The number of esters is 1. The summed E-state index contributed by atoms with van der Waals surface area (Å²) in [4.78, 5) is 11.8. The third kappa shape index (κ3) is 2.70. The summed E-state index contributed by atoms with van der Waals surface area (Å²) in [6.45, 7) is 2.47. The Balaban J connectivity index is 2.01. The molecule has 0 radical (unpaired) electrons. The van der Waals surface area contributed by atoms with Gasteiger partial charge in [0, 0.05) is 17.5 Å². The quantitative estimate of drug-likeness (QED) is 0.694. The van der Waals surface area contributed by atoms with Crippen molar-refractivity contribution in [2.75, 3.05) is 6.61 Å². The summed E-state index contributed by atoms with van der Waals surface area (Å²) >= 11 is 0. The highest BCUT2D eigenvalue weighted by Crippen LogP contribution is 2.40. The fourth-order valence-electron chi connectivity index (χ4n) is 2.59. The second kappa shape index (κ2) is 5.48. The van der Waals surface area contributed by atoms with E-state index in [2.05, 4.69) is 0 Å². The Morgan fingerprint density at radius 3 is 2.71 bits per heavy atom. The van der Waals surface area contributed by atoms with Crippen molar-refractivity contribution in [2.24, 2.45) is 0 Å². The fourth-order valence-corrected chi connectivity index (χ4v) is 2.59. The van der Waals surface area contributed by atoms with E-state index in [1.165, 1.54) is 0 Å². The van der Waals surface area contributed by atoms with Gasteiger partial charge in [-0.3, -0.25) is 4.79 Å². The van der Waals surface area contributed by atoms with Gasteiger partial charge in [0.15, 0.2) is 0 Å². The number of benzene rings is 2. The van der Waals surface area contributed by atoms with Gasteiger partial charge < -0.3 is 14.6 Å². The maximum atomic E-state index is 11.8. The van der Waals surface area contributed by atoms with Gasteiger partial charge in [-0.25, -0.2) is 0 Å². The molecule has 0 spiro atoms. The monoisotopic (exact) mass is 284 g/mol. The number of hydrogen-bond acceptors (Lipinski definition) is 4. The number of aromatic hydroxyl groups is 1. The van der Waals surface area contributed by atoms with Crippen molar-refractivity contribution in [3.8, 4) is 17.2 Å². The summed E-state index contributed by atoms with van der Waals surface area (Å²) in [6, 6.07) is 12.5. The van der Waals surface area contributed by atoms with Gasteiger partial charge in [0.2, 0.25) is 0 Å². The minimum atomic E-state index is -0.255. The standard InChI is InChI=1S/C17H16O4/c1-2-20-13-7-8-14-15(10-17(19)21-16(14)9-13)11-3-5-12(18)6-4-11/h3-9,15,18H,2,10H2,1H3/t15-/m0/s1. The van der Waals surface area contributed by atoms with Crippen molar-refractivity contribution in [3.63, 3.8) is 0 Å². The molecule has 0 fully saturated rings. The number of phenols is 1. The lowest BCUT2D eigenvalue weighted by Crippen LogP contribution is -2.21. The molecule has 2 aromatic rings.